The molecule has 1 aliphatic rings. The van der Waals surface area contributed by atoms with Crippen LogP contribution in [0.4, 0.5) is 4.79 Å². The van der Waals surface area contributed by atoms with Crippen LogP contribution in [0.15, 0.2) is 54.6 Å². The van der Waals surface area contributed by atoms with Crippen LogP contribution in [0, 0.1) is 0 Å². The van der Waals surface area contributed by atoms with Crippen molar-refractivity contribution in [2.24, 2.45) is 0 Å². The molecule has 1 aliphatic heterocycles. The average molecular weight is 351 g/mol. The Morgan fingerprint density at radius 1 is 1.15 bits per heavy atom. The minimum absolute atomic E-state index is 0.0242. The third-order valence-corrected chi connectivity index (χ3v) is 4.40. The van der Waals surface area contributed by atoms with E-state index in [2.05, 4.69) is 17.6 Å². The molecule has 134 valence electrons. The molecule has 0 saturated carbocycles. The van der Waals surface area contributed by atoms with Gasteiger partial charge in [-0.05, 0) is 29.2 Å². The van der Waals surface area contributed by atoms with E-state index >= 15 is 0 Å². The predicted molar refractivity (Wildman–Crippen MR) is 97.6 cm³/mol. The van der Waals surface area contributed by atoms with Gasteiger partial charge < -0.3 is 10.6 Å². The molecule has 3 rings (SSSR count). The summed E-state index contributed by atoms with van der Waals surface area (Å²) >= 11 is 0. The van der Waals surface area contributed by atoms with Crippen LogP contribution in [0.2, 0.25) is 0 Å². The minimum Gasteiger partial charge on any atom is -0.351 e. The summed E-state index contributed by atoms with van der Waals surface area (Å²) in [7, 11) is 0. The number of benzene rings is 2. The molecular formula is C20H21N3O3. The van der Waals surface area contributed by atoms with E-state index in [-0.39, 0.29) is 30.8 Å². The van der Waals surface area contributed by atoms with Crippen LogP contribution in [0.3, 0.4) is 0 Å². The summed E-state index contributed by atoms with van der Waals surface area (Å²) in [6.45, 7) is 2.77. The molecule has 2 aromatic rings. The van der Waals surface area contributed by atoms with Gasteiger partial charge in [-0.2, -0.15) is 0 Å². The van der Waals surface area contributed by atoms with Crippen LogP contribution in [0.5, 0.6) is 0 Å². The number of imide groups is 1. The van der Waals surface area contributed by atoms with Crippen molar-refractivity contribution in [3.05, 3.63) is 71.3 Å². The van der Waals surface area contributed by atoms with Crippen molar-refractivity contribution in [3.8, 4) is 0 Å². The van der Waals surface area contributed by atoms with Crippen LogP contribution in [0.25, 0.3) is 0 Å². The third kappa shape index (κ3) is 4.08. The summed E-state index contributed by atoms with van der Waals surface area (Å²) in [5, 5.41) is 5.42. The molecule has 6 heteroatoms. The van der Waals surface area contributed by atoms with Crippen molar-refractivity contribution in [1.29, 1.82) is 0 Å². The quantitative estimate of drug-likeness (QED) is 0.784. The smallest absolute Gasteiger partial charge is 0.324 e. The molecule has 0 radical (unpaired) electrons. The molecule has 0 bridgehead atoms. The topological polar surface area (TPSA) is 78.5 Å². The number of amides is 4. The predicted octanol–water partition coefficient (Wildman–Crippen LogP) is 2.27. The van der Waals surface area contributed by atoms with Crippen molar-refractivity contribution in [1.82, 2.24) is 15.5 Å². The van der Waals surface area contributed by atoms with E-state index in [1.165, 1.54) is 5.56 Å². The number of hydrogen-bond donors (Lipinski definition) is 2. The molecule has 1 atom stereocenters. The summed E-state index contributed by atoms with van der Waals surface area (Å²) in [5.41, 5.74) is 2.41. The van der Waals surface area contributed by atoms with Gasteiger partial charge in [0.05, 0.1) is 13.1 Å². The van der Waals surface area contributed by atoms with Crippen molar-refractivity contribution in [2.45, 2.75) is 19.4 Å². The zero-order valence-corrected chi connectivity index (χ0v) is 14.6. The number of nitrogens with one attached hydrogen (secondary N) is 2. The number of urea groups is 1. The van der Waals surface area contributed by atoms with Crippen LogP contribution in [-0.4, -0.2) is 35.8 Å². The standard InChI is InChI=1S/C20H21N3O3/c1-14(16-7-3-2-4-8-16)11-21-19(25)17-9-5-6-15(10-17)13-23-18(24)12-22-20(23)26/h2-10,14H,11-13H2,1H3,(H,21,25)(H,22,26). The lowest BCUT2D eigenvalue weighted by Crippen LogP contribution is -2.30. The monoisotopic (exact) mass is 351 g/mol. The second kappa shape index (κ2) is 7.82. The molecule has 6 nitrogen and oxygen atoms in total. The summed E-state index contributed by atoms with van der Waals surface area (Å²) in [6, 6.07) is 16.6. The lowest BCUT2D eigenvalue weighted by atomic mass is 10.0. The lowest BCUT2D eigenvalue weighted by molar-refractivity contribution is -0.125. The molecule has 0 spiro atoms. The van der Waals surface area contributed by atoms with Crippen LogP contribution < -0.4 is 10.6 Å². The van der Waals surface area contributed by atoms with Gasteiger partial charge in [0.25, 0.3) is 5.91 Å². The Balaban J connectivity index is 1.61. The highest BCUT2D eigenvalue weighted by atomic mass is 16.2. The summed E-state index contributed by atoms with van der Waals surface area (Å²) < 4.78 is 0. The van der Waals surface area contributed by atoms with Crippen molar-refractivity contribution in [3.63, 3.8) is 0 Å². The van der Waals surface area contributed by atoms with Crippen LogP contribution >= 0.6 is 0 Å². The fourth-order valence-electron chi connectivity index (χ4n) is 2.86. The van der Waals surface area contributed by atoms with Gasteiger partial charge >= 0.3 is 6.03 Å². The Morgan fingerprint density at radius 2 is 1.92 bits per heavy atom. The first kappa shape index (κ1) is 17.7. The molecule has 4 amide bonds. The average Bonchev–Trinajstić information content (AvgIpc) is 2.98. The Kier molecular flexibility index (Phi) is 5.31. The number of hydrogen-bond acceptors (Lipinski definition) is 3. The first-order chi connectivity index (χ1) is 12.5. The van der Waals surface area contributed by atoms with Gasteiger partial charge in [-0.15, -0.1) is 0 Å². The first-order valence-corrected chi connectivity index (χ1v) is 8.55. The number of carbonyl (C=O) groups excluding carboxylic acids is 3. The fourth-order valence-corrected chi connectivity index (χ4v) is 2.86. The molecule has 1 heterocycles. The zero-order valence-electron chi connectivity index (χ0n) is 14.6. The second-order valence-electron chi connectivity index (χ2n) is 6.36. The van der Waals surface area contributed by atoms with Crippen molar-refractivity contribution >= 4 is 17.8 Å². The van der Waals surface area contributed by atoms with Crippen molar-refractivity contribution < 1.29 is 14.4 Å². The summed E-state index contributed by atoms with van der Waals surface area (Å²) in [4.78, 5) is 36.9. The van der Waals surface area contributed by atoms with Crippen molar-refractivity contribution in [2.75, 3.05) is 13.1 Å². The van der Waals surface area contributed by atoms with Crippen LogP contribution in [-0.2, 0) is 11.3 Å². The molecule has 26 heavy (non-hydrogen) atoms. The fraction of sp³-hybridized carbons (Fsp3) is 0.250. The van der Waals surface area contributed by atoms with E-state index in [1.54, 1.807) is 24.3 Å². The van der Waals surface area contributed by atoms with Gasteiger partial charge in [-0.25, -0.2) is 4.79 Å². The van der Waals surface area contributed by atoms with Gasteiger partial charge in [0.1, 0.15) is 0 Å². The van der Waals surface area contributed by atoms with Gasteiger partial charge in [-0.1, -0.05) is 49.4 Å². The summed E-state index contributed by atoms with van der Waals surface area (Å²) in [5.74, 6) is -0.234. The largest absolute Gasteiger partial charge is 0.351 e. The van der Waals surface area contributed by atoms with Gasteiger partial charge in [0.15, 0.2) is 0 Å². The number of carbonyl (C=O) groups is 3. The maximum Gasteiger partial charge on any atom is 0.324 e. The molecule has 1 saturated heterocycles. The maximum atomic E-state index is 12.4. The van der Waals surface area contributed by atoms with Crippen LogP contribution in [0.1, 0.15) is 34.3 Å². The zero-order chi connectivity index (χ0) is 18.5. The lowest BCUT2D eigenvalue weighted by Gasteiger charge is -2.15. The first-order valence-electron chi connectivity index (χ1n) is 8.55. The van der Waals surface area contributed by atoms with E-state index in [0.29, 0.717) is 12.1 Å². The SMILES string of the molecule is CC(CNC(=O)c1cccc(CN2C(=O)CNC2=O)c1)c1ccccc1. The molecular weight excluding hydrogens is 330 g/mol. The van der Waals surface area contributed by atoms with E-state index in [1.807, 2.05) is 30.3 Å². The highest BCUT2D eigenvalue weighted by molar-refractivity contribution is 6.02. The normalized spacial score (nSPS) is 14.9. The number of nitrogens with zero attached hydrogens (tertiary/aromatic N) is 1. The van der Waals surface area contributed by atoms with Gasteiger partial charge in [0.2, 0.25) is 5.91 Å². The van der Waals surface area contributed by atoms with E-state index in [9.17, 15) is 14.4 Å². The minimum atomic E-state index is -0.401. The number of rotatable bonds is 6. The molecule has 0 aliphatic carbocycles. The third-order valence-electron chi connectivity index (χ3n) is 4.40. The highest BCUT2D eigenvalue weighted by Gasteiger charge is 2.28. The molecule has 1 fully saturated rings. The molecule has 0 aromatic heterocycles. The highest BCUT2D eigenvalue weighted by Crippen LogP contribution is 2.14. The molecule has 2 aromatic carbocycles. The van der Waals surface area contributed by atoms with E-state index in [0.717, 1.165) is 10.5 Å². The summed E-state index contributed by atoms with van der Waals surface area (Å²) in [6.07, 6.45) is 0. The maximum absolute atomic E-state index is 12.4. The Hall–Kier alpha value is -3.15. The van der Waals surface area contributed by atoms with E-state index < -0.39 is 6.03 Å². The Labute approximate surface area is 152 Å². The van der Waals surface area contributed by atoms with Gasteiger partial charge in [-0.3, -0.25) is 14.5 Å². The van der Waals surface area contributed by atoms with Gasteiger partial charge in [0, 0.05) is 12.1 Å². The molecule has 2 N–H and O–H groups in total. The Morgan fingerprint density at radius 3 is 2.62 bits per heavy atom. The Bertz CT molecular complexity index is 804. The van der Waals surface area contributed by atoms with E-state index in [4.69, 9.17) is 0 Å². The second-order valence-corrected chi connectivity index (χ2v) is 6.36. The molecule has 1 unspecified atom stereocenters.